The molecule has 2 aliphatic rings. The Labute approximate surface area is 174 Å². The van der Waals surface area contributed by atoms with E-state index in [4.69, 9.17) is 9.15 Å². The monoisotopic (exact) mass is 431 g/mol. The average Bonchev–Trinajstić information content (AvgIpc) is 3.09. The molecule has 0 N–H and O–H groups in total. The largest absolute Gasteiger partial charge is 0.482 e. The third-order valence-corrected chi connectivity index (χ3v) is 6.37. The maximum Gasteiger partial charge on any atom is 0.227 e. The first-order valence-corrected chi connectivity index (χ1v) is 11.5. The number of hydrogen-bond donors (Lipinski definition) is 0. The van der Waals surface area contributed by atoms with E-state index in [1.165, 1.54) is 35.6 Å². The zero-order valence-electron chi connectivity index (χ0n) is 16.6. The van der Waals surface area contributed by atoms with Crippen molar-refractivity contribution >= 4 is 9.84 Å². The zero-order valence-corrected chi connectivity index (χ0v) is 17.4. The first-order chi connectivity index (χ1) is 14.3. The first-order valence-electron chi connectivity index (χ1n) is 9.62. The summed E-state index contributed by atoms with van der Waals surface area (Å²) in [6, 6.07) is 4.98. The lowest BCUT2D eigenvalue weighted by molar-refractivity contribution is 0.270. The van der Waals surface area contributed by atoms with Gasteiger partial charge in [-0.25, -0.2) is 12.8 Å². The van der Waals surface area contributed by atoms with Crippen molar-refractivity contribution in [3.63, 3.8) is 0 Å². The highest BCUT2D eigenvalue weighted by Gasteiger charge is 2.22. The normalized spacial score (nSPS) is 16.7. The van der Waals surface area contributed by atoms with Gasteiger partial charge in [-0.05, 0) is 30.5 Å². The average molecular weight is 431 g/mol. The van der Waals surface area contributed by atoms with E-state index in [0.717, 1.165) is 38.3 Å². The Balaban J connectivity index is 1.38. The van der Waals surface area contributed by atoms with E-state index in [2.05, 4.69) is 17.1 Å². The smallest absolute Gasteiger partial charge is 0.227 e. The second kappa shape index (κ2) is 8.20. The Morgan fingerprint density at radius 1 is 1.23 bits per heavy atom. The lowest BCUT2D eigenvalue weighted by Crippen LogP contribution is -2.21. The van der Waals surface area contributed by atoms with Gasteiger partial charge < -0.3 is 9.15 Å². The number of benzene rings is 1. The molecule has 30 heavy (non-hydrogen) atoms. The summed E-state index contributed by atoms with van der Waals surface area (Å²) in [5, 5.41) is 0. The second-order valence-corrected chi connectivity index (χ2v) is 9.62. The number of allylic oxidation sites excluding steroid dienone is 1. The van der Waals surface area contributed by atoms with Crippen LogP contribution in [0.15, 0.2) is 67.9 Å². The van der Waals surface area contributed by atoms with Crippen LogP contribution in [-0.4, -0.2) is 32.7 Å². The van der Waals surface area contributed by atoms with Crippen molar-refractivity contribution in [3.8, 4) is 5.75 Å². The lowest BCUT2D eigenvalue weighted by Gasteiger charge is -2.15. The van der Waals surface area contributed by atoms with Crippen LogP contribution < -0.4 is 10.2 Å². The van der Waals surface area contributed by atoms with Gasteiger partial charge in [0.1, 0.15) is 24.4 Å². The molecule has 0 unspecified atom stereocenters. The molecule has 0 saturated carbocycles. The topological polar surface area (TPSA) is 76.8 Å². The molecule has 2 heterocycles. The highest BCUT2D eigenvalue weighted by Crippen LogP contribution is 2.27. The fraction of sp³-hybridized carbons (Fsp3) is 0.318. The van der Waals surface area contributed by atoms with Crippen LogP contribution in [0.1, 0.15) is 24.2 Å². The zero-order chi connectivity index (χ0) is 21.3. The molecular formula is C22H22FNO5S. The third kappa shape index (κ3) is 4.55. The summed E-state index contributed by atoms with van der Waals surface area (Å²) in [4.78, 5) is 14.5. The van der Waals surface area contributed by atoms with Gasteiger partial charge >= 0.3 is 0 Å². The van der Waals surface area contributed by atoms with Crippen LogP contribution in [-0.2, 0) is 23.0 Å². The summed E-state index contributed by atoms with van der Waals surface area (Å²) in [7, 11) is -3.49. The Hall–Kier alpha value is -2.71. The Morgan fingerprint density at radius 2 is 2.07 bits per heavy atom. The van der Waals surface area contributed by atoms with Gasteiger partial charge in [-0.15, -0.1) is 0 Å². The van der Waals surface area contributed by atoms with Gasteiger partial charge in [-0.2, -0.15) is 0 Å². The standard InChI is InChI=1S/C22H22FNO5S/c1-30(26,27)19-7-6-17(20(23)9-19)13-29-22-14-28-18(8-21(22)25)12-24-10-15-4-2-3-5-16(15)11-24/h2,4,6-9,14H,3,5,10-13H2,1H3. The van der Waals surface area contributed by atoms with Crippen LogP contribution in [0.3, 0.4) is 0 Å². The molecule has 1 aliphatic carbocycles. The summed E-state index contributed by atoms with van der Waals surface area (Å²) >= 11 is 0. The van der Waals surface area contributed by atoms with Gasteiger partial charge in [0.2, 0.25) is 11.2 Å². The SMILES string of the molecule is CS(=O)(=O)c1ccc(COc2coc(CN3CC4=C(CCC=C4)C3)cc2=O)c(F)c1. The van der Waals surface area contributed by atoms with Crippen molar-refractivity contribution in [2.45, 2.75) is 30.9 Å². The first kappa shape index (κ1) is 20.6. The fourth-order valence-corrected chi connectivity index (χ4v) is 4.30. The van der Waals surface area contributed by atoms with E-state index in [0.29, 0.717) is 12.3 Å². The summed E-state index contributed by atoms with van der Waals surface area (Å²) in [5.74, 6) is -0.189. The summed E-state index contributed by atoms with van der Waals surface area (Å²) in [6.45, 7) is 2.04. The van der Waals surface area contributed by atoms with Crippen molar-refractivity contribution in [2.24, 2.45) is 0 Å². The minimum Gasteiger partial charge on any atom is -0.482 e. The third-order valence-electron chi connectivity index (χ3n) is 5.26. The molecule has 0 bridgehead atoms. The van der Waals surface area contributed by atoms with Gasteiger partial charge in [0, 0.05) is 31.0 Å². The minimum absolute atomic E-state index is 0.0212. The summed E-state index contributed by atoms with van der Waals surface area (Å²) in [6.07, 6.45) is 8.77. The molecule has 0 radical (unpaired) electrons. The number of halogens is 1. The number of ether oxygens (including phenoxy) is 1. The maximum atomic E-state index is 14.1. The van der Waals surface area contributed by atoms with E-state index in [1.54, 1.807) is 0 Å². The van der Waals surface area contributed by atoms with Crippen molar-refractivity contribution < 1.29 is 22.0 Å². The number of nitrogens with zero attached hydrogens (tertiary/aromatic N) is 1. The highest BCUT2D eigenvalue weighted by atomic mass is 32.2. The van der Waals surface area contributed by atoms with Crippen molar-refractivity contribution in [2.75, 3.05) is 19.3 Å². The molecule has 1 aromatic carbocycles. The molecule has 2 aromatic rings. The molecule has 4 rings (SSSR count). The maximum absolute atomic E-state index is 14.1. The molecule has 8 heteroatoms. The van der Waals surface area contributed by atoms with Crippen LogP contribution in [0, 0.1) is 5.82 Å². The van der Waals surface area contributed by atoms with Gasteiger partial charge in [-0.1, -0.05) is 23.8 Å². The van der Waals surface area contributed by atoms with Crippen LogP contribution in [0.4, 0.5) is 4.39 Å². The fourth-order valence-electron chi connectivity index (χ4n) is 3.66. The Bertz CT molecular complexity index is 1200. The van der Waals surface area contributed by atoms with E-state index in [-0.39, 0.29) is 28.2 Å². The highest BCUT2D eigenvalue weighted by molar-refractivity contribution is 7.90. The second-order valence-electron chi connectivity index (χ2n) is 7.60. The van der Waals surface area contributed by atoms with Gasteiger partial charge in [0.05, 0.1) is 11.4 Å². The Kier molecular flexibility index (Phi) is 5.62. The van der Waals surface area contributed by atoms with E-state index < -0.39 is 15.7 Å². The Morgan fingerprint density at radius 3 is 2.77 bits per heavy atom. The lowest BCUT2D eigenvalue weighted by atomic mass is 10.0. The van der Waals surface area contributed by atoms with Crippen molar-refractivity contribution in [1.29, 1.82) is 0 Å². The molecule has 0 spiro atoms. The van der Waals surface area contributed by atoms with Crippen LogP contribution in [0.25, 0.3) is 0 Å². The number of rotatable bonds is 6. The van der Waals surface area contributed by atoms with Crippen LogP contribution in [0.5, 0.6) is 5.75 Å². The molecule has 0 saturated heterocycles. The molecule has 0 amide bonds. The van der Waals surface area contributed by atoms with E-state index in [9.17, 15) is 17.6 Å². The summed E-state index contributed by atoms with van der Waals surface area (Å²) in [5.41, 5.74) is 2.60. The van der Waals surface area contributed by atoms with Crippen molar-refractivity contribution in [1.82, 2.24) is 4.90 Å². The molecule has 0 atom stereocenters. The van der Waals surface area contributed by atoms with Gasteiger partial charge in [-0.3, -0.25) is 9.69 Å². The van der Waals surface area contributed by atoms with Gasteiger partial charge in [0.25, 0.3) is 0 Å². The predicted molar refractivity (Wildman–Crippen MR) is 109 cm³/mol. The minimum atomic E-state index is -3.49. The number of sulfone groups is 1. The molecule has 0 fully saturated rings. The molecule has 1 aliphatic heterocycles. The molecule has 6 nitrogen and oxygen atoms in total. The van der Waals surface area contributed by atoms with E-state index >= 15 is 0 Å². The van der Waals surface area contributed by atoms with Crippen molar-refractivity contribution in [3.05, 3.63) is 81.2 Å². The molecule has 158 valence electrons. The van der Waals surface area contributed by atoms with E-state index in [1.807, 2.05) is 0 Å². The number of hydrogen-bond acceptors (Lipinski definition) is 6. The molecule has 1 aromatic heterocycles. The van der Waals surface area contributed by atoms with Crippen LogP contribution in [0.2, 0.25) is 0 Å². The summed E-state index contributed by atoms with van der Waals surface area (Å²) < 4.78 is 48.1. The van der Waals surface area contributed by atoms with Crippen LogP contribution >= 0.6 is 0 Å². The molecular weight excluding hydrogens is 409 g/mol. The quantitative estimate of drug-likeness (QED) is 0.699. The van der Waals surface area contributed by atoms with Gasteiger partial charge in [0.15, 0.2) is 9.84 Å². The predicted octanol–water partition coefficient (Wildman–Crippen LogP) is 3.22.